The quantitative estimate of drug-likeness (QED) is 0.559. The number of aromatic nitrogens is 1. The summed E-state index contributed by atoms with van der Waals surface area (Å²) in [6, 6.07) is 17.4. The third-order valence-corrected chi connectivity index (χ3v) is 4.20. The summed E-state index contributed by atoms with van der Waals surface area (Å²) in [5.74, 6) is -0.459. The van der Waals surface area contributed by atoms with Gasteiger partial charge in [-0.2, -0.15) is 10.5 Å². The molecule has 27 heavy (non-hydrogen) atoms. The van der Waals surface area contributed by atoms with Crippen molar-refractivity contribution >= 4 is 28.6 Å². The van der Waals surface area contributed by atoms with Crippen LogP contribution in [0.5, 0.6) is 0 Å². The molecular formula is C22H18N4O. The molecule has 132 valence electrons. The van der Waals surface area contributed by atoms with Crippen molar-refractivity contribution in [3.05, 3.63) is 70.9 Å². The van der Waals surface area contributed by atoms with E-state index >= 15 is 0 Å². The Kier molecular flexibility index (Phi) is 5.06. The van der Waals surface area contributed by atoms with Crippen LogP contribution in [0.1, 0.15) is 16.7 Å². The zero-order chi connectivity index (χ0) is 19.4. The Balaban J connectivity index is 1.97. The summed E-state index contributed by atoms with van der Waals surface area (Å²) in [6.45, 7) is 4.10. The van der Waals surface area contributed by atoms with E-state index in [0.29, 0.717) is 5.69 Å². The highest BCUT2D eigenvalue weighted by molar-refractivity contribution is 6.10. The van der Waals surface area contributed by atoms with Gasteiger partial charge in [0, 0.05) is 28.4 Å². The molecule has 0 aliphatic heterocycles. The summed E-state index contributed by atoms with van der Waals surface area (Å²) in [5.41, 5.74) is 4.35. The first-order valence-electron chi connectivity index (χ1n) is 8.48. The van der Waals surface area contributed by atoms with Crippen molar-refractivity contribution in [1.29, 1.82) is 10.5 Å². The molecule has 5 heteroatoms. The standard InChI is InChI=1S/C22H18N4O/c1-15-9-16(2)11-19(10-15)25-22(27)17(13-24)12-18-14-26(8-7-23)21-6-4-3-5-20(18)21/h3-6,9-12,14H,8H2,1-2H3,(H,25,27)/b17-12-. The van der Waals surface area contributed by atoms with E-state index in [2.05, 4.69) is 11.4 Å². The van der Waals surface area contributed by atoms with Gasteiger partial charge in [0.1, 0.15) is 18.2 Å². The highest BCUT2D eigenvalue weighted by Gasteiger charge is 2.13. The van der Waals surface area contributed by atoms with E-state index in [1.807, 2.05) is 62.4 Å². The lowest BCUT2D eigenvalue weighted by Crippen LogP contribution is -2.13. The second kappa shape index (κ2) is 7.59. The van der Waals surface area contributed by atoms with Gasteiger partial charge in [0.15, 0.2) is 0 Å². The average molecular weight is 354 g/mol. The van der Waals surface area contributed by atoms with Gasteiger partial charge < -0.3 is 9.88 Å². The number of nitrogens with one attached hydrogen (secondary N) is 1. The summed E-state index contributed by atoms with van der Waals surface area (Å²) in [4.78, 5) is 12.6. The highest BCUT2D eigenvalue weighted by atomic mass is 16.1. The number of nitrogens with zero attached hydrogens (tertiary/aromatic N) is 3. The number of nitriles is 2. The minimum absolute atomic E-state index is 0.00835. The van der Waals surface area contributed by atoms with Crippen LogP contribution in [0.4, 0.5) is 5.69 Å². The predicted molar refractivity (Wildman–Crippen MR) is 106 cm³/mol. The Labute approximate surface area is 157 Å². The third-order valence-electron chi connectivity index (χ3n) is 4.20. The van der Waals surface area contributed by atoms with Crippen molar-refractivity contribution in [3.63, 3.8) is 0 Å². The fourth-order valence-electron chi connectivity index (χ4n) is 3.15. The minimum Gasteiger partial charge on any atom is -0.333 e. The van der Waals surface area contributed by atoms with Crippen LogP contribution in [0, 0.1) is 36.5 Å². The van der Waals surface area contributed by atoms with Crippen LogP contribution < -0.4 is 5.32 Å². The molecule has 1 heterocycles. The molecule has 3 rings (SSSR count). The van der Waals surface area contributed by atoms with Crippen LogP contribution in [0.15, 0.2) is 54.2 Å². The molecule has 0 bridgehead atoms. The number of aryl methyl sites for hydroxylation is 2. The normalized spacial score (nSPS) is 11.0. The van der Waals surface area contributed by atoms with Crippen LogP contribution in [0.25, 0.3) is 17.0 Å². The second-order valence-corrected chi connectivity index (χ2v) is 6.39. The fraction of sp³-hybridized carbons (Fsp3) is 0.136. The topological polar surface area (TPSA) is 81.6 Å². The maximum absolute atomic E-state index is 12.6. The molecule has 1 N–H and O–H groups in total. The SMILES string of the molecule is Cc1cc(C)cc(NC(=O)/C(C#N)=C\c2cn(CC#N)c3ccccc23)c1. The molecule has 0 saturated heterocycles. The van der Waals surface area contributed by atoms with Gasteiger partial charge in [0.25, 0.3) is 5.91 Å². The van der Waals surface area contributed by atoms with Gasteiger partial charge in [0.2, 0.25) is 0 Å². The molecule has 0 atom stereocenters. The Bertz CT molecular complexity index is 1120. The van der Waals surface area contributed by atoms with Crippen LogP contribution in [0.3, 0.4) is 0 Å². The van der Waals surface area contributed by atoms with Gasteiger partial charge in [-0.15, -0.1) is 0 Å². The number of benzene rings is 2. The first-order chi connectivity index (χ1) is 13.0. The monoisotopic (exact) mass is 354 g/mol. The van der Waals surface area contributed by atoms with Crippen molar-refractivity contribution in [2.45, 2.75) is 20.4 Å². The van der Waals surface area contributed by atoms with Crippen molar-refractivity contribution in [2.24, 2.45) is 0 Å². The lowest BCUT2D eigenvalue weighted by Gasteiger charge is -2.07. The number of anilines is 1. The number of hydrogen-bond donors (Lipinski definition) is 1. The maximum atomic E-state index is 12.6. The largest absolute Gasteiger partial charge is 0.333 e. The zero-order valence-electron chi connectivity index (χ0n) is 15.2. The van der Waals surface area contributed by atoms with Crippen molar-refractivity contribution in [2.75, 3.05) is 5.32 Å². The smallest absolute Gasteiger partial charge is 0.266 e. The van der Waals surface area contributed by atoms with Gasteiger partial charge in [-0.3, -0.25) is 4.79 Å². The van der Waals surface area contributed by atoms with Crippen molar-refractivity contribution in [1.82, 2.24) is 4.57 Å². The van der Waals surface area contributed by atoms with Gasteiger partial charge in [-0.25, -0.2) is 0 Å². The first-order valence-corrected chi connectivity index (χ1v) is 8.48. The van der Waals surface area contributed by atoms with Gasteiger partial charge >= 0.3 is 0 Å². The molecule has 1 amide bonds. The molecule has 2 aromatic carbocycles. The Morgan fingerprint density at radius 1 is 1.15 bits per heavy atom. The Morgan fingerprint density at radius 3 is 2.52 bits per heavy atom. The number of fused-ring (bicyclic) bond motifs is 1. The van der Waals surface area contributed by atoms with E-state index in [1.54, 1.807) is 16.8 Å². The number of rotatable bonds is 4. The predicted octanol–water partition coefficient (Wildman–Crippen LogP) is 4.33. The van der Waals surface area contributed by atoms with Crippen LogP contribution >= 0.6 is 0 Å². The lowest BCUT2D eigenvalue weighted by molar-refractivity contribution is -0.112. The summed E-state index contributed by atoms with van der Waals surface area (Å²) in [6.07, 6.45) is 3.35. The first kappa shape index (κ1) is 18.0. The number of para-hydroxylation sites is 1. The molecule has 0 saturated carbocycles. The van der Waals surface area contributed by atoms with Crippen LogP contribution in [-0.4, -0.2) is 10.5 Å². The lowest BCUT2D eigenvalue weighted by atomic mass is 10.1. The van der Waals surface area contributed by atoms with Gasteiger partial charge in [0.05, 0.1) is 6.07 Å². The van der Waals surface area contributed by atoms with E-state index in [4.69, 9.17) is 5.26 Å². The number of amides is 1. The summed E-state index contributed by atoms with van der Waals surface area (Å²) in [7, 11) is 0. The molecule has 5 nitrogen and oxygen atoms in total. The Hall–Kier alpha value is -3.83. The summed E-state index contributed by atoms with van der Waals surface area (Å²) in [5, 5.41) is 22.2. The highest BCUT2D eigenvalue weighted by Crippen LogP contribution is 2.24. The number of carbonyl (C=O) groups excluding carboxylic acids is 1. The van der Waals surface area contributed by atoms with Crippen molar-refractivity contribution < 1.29 is 4.79 Å². The molecule has 0 spiro atoms. The maximum Gasteiger partial charge on any atom is 0.266 e. The molecule has 1 aromatic heterocycles. The van der Waals surface area contributed by atoms with Crippen molar-refractivity contribution in [3.8, 4) is 12.1 Å². The molecular weight excluding hydrogens is 336 g/mol. The summed E-state index contributed by atoms with van der Waals surface area (Å²) >= 11 is 0. The molecule has 0 radical (unpaired) electrons. The summed E-state index contributed by atoms with van der Waals surface area (Å²) < 4.78 is 1.80. The molecule has 0 aliphatic carbocycles. The molecule has 0 aliphatic rings. The molecule has 3 aromatic rings. The Morgan fingerprint density at radius 2 is 1.85 bits per heavy atom. The average Bonchev–Trinajstić information content (AvgIpc) is 2.97. The van der Waals surface area contributed by atoms with Crippen LogP contribution in [0.2, 0.25) is 0 Å². The van der Waals surface area contributed by atoms with E-state index in [-0.39, 0.29) is 12.1 Å². The fourth-order valence-corrected chi connectivity index (χ4v) is 3.15. The van der Waals surface area contributed by atoms with E-state index in [1.165, 1.54) is 0 Å². The van der Waals surface area contributed by atoms with Gasteiger partial charge in [-0.1, -0.05) is 24.3 Å². The third kappa shape index (κ3) is 3.89. The molecule has 0 fully saturated rings. The zero-order valence-corrected chi connectivity index (χ0v) is 15.2. The van der Waals surface area contributed by atoms with Gasteiger partial charge in [-0.05, 0) is 49.2 Å². The number of carbonyl (C=O) groups is 1. The van der Waals surface area contributed by atoms with E-state index < -0.39 is 5.91 Å². The van der Waals surface area contributed by atoms with E-state index in [0.717, 1.165) is 27.6 Å². The number of hydrogen-bond acceptors (Lipinski definition) is 3. The molecule has 0 unspecified atom stereocenters. The minimum atomic E-state index is -0.459. The second-order valence-electron chi connectivity index (χ2n) is 6.39. The van der Waals surface area contributed by atoms with E-state index in [9.17, 15) is 10.1 Å². The van der Waals surface area contributed by atoms with Crippen LogP contribution in [-0.2, 0) is 11.3 Å².